The van der Waals surface area contributed by atoms with Gasteiger partial charge in [-0.05, 0) is 54.0 Å². The van der Waals surface area contributed by atoms with Crippen LogP contribution in [0.1, 0.15) is 13.3 Å². The molecule has 19 heavy (non-hydrogen) atoms. The average molecular weight is 350 g/mol. The van der Waals surface area contributed by atoms with E-state index in [-0.39, 0.29) is 23.7 Å². The van der Waals surface area contributed by atoms with Gasteiger partial charge in [0, 0.05) is 12.2 Å². The molecule has 0 aromatic heterocycles. The Kier molecular flexibility index (Phi) is 5.64. The molecule has 0 aliphatic carbocycles. The van der Waals surface area contributed by atoms with Crippen molar-refractivity contribution < 1.29 is 9.53 Å². The SMILES string of the molecule is COc1ccc(NC(=O)C2(C)CCNC2)cc1Br.Cl. The van der Waals surface area contributed by atoms with Crippen LogP contribution < -0.4 is 15.4 Å². The predicted octanol–water partition coefficient (Wildman–Crippen LogP) is 2.82. The number of hydrogen-bond acceptors (Lipinski definition) is 3. The molecular weight excluding hydrogens is 332 g/mol. The highest BCUT2D eigenvalue weighted by Crippen LogP contribution is 2.30. The van der Waals surface area contributed by atoms with E-state index in [1.807, 2.05) is 25.1 Å². The van der Waals surface area contributed by atoms with Gasteiger partial charge in [0.25, 0.3) is 0 Å². The first-order valence-electron chi connectivity index (χ1n) is 5.91. The zero-order valence-corrected chi connectivity index (χ0v) is 13.4. The smallest absolute Gasteiger partial charge is 0.231 e. The fourth-order valence-corrected chi connectivity index (χ4v) is 2.58. The molecule has 2 rings (SSSR count). The normalized spacial score (nSPS) is 21.6. The van der Waals surface area contributed by atoms with Crippen LogP contribution in [0, 0.1) is 5.41 Å². The van der Waals surface area contributed by atoms with Crippen LogP contribution in [0.4, 0.5) is 5.69 Å². The van der Waals surface area contributed by atoms with E-state index in [2.05, 4.69) is 26.6 Å². The first kappa shape index (κ1) is 16.3. The fraction of sp³-hybridized carbons (Fsp3) is 0.462. The molecule has 1 unspecified atom stereocenters. The Morgan fingerprint density at radius 3 is 2.79 bits per heavy atom. The predicted molar refractivity (Wildman–Crippen MR) is 82.2 cm³/mol. The van der Waals surface area contributed by atoms with Crippen LogP contribution in [0.25, 0.3) is 0 Å². The Morgan fingerprint density at radius 2 is 2.26 bits per heavy atom. The van der Waals surface area contributed by atoms with Gasteiger partial charge in [-0.2, -0.15) is 0 Å². The van der Waals surface area contributed by atoms with Gasteiger partial charge in [0.05, 0.1) is 17.0 Å². The molecule has 0 spiro atoms. The zero-order valence-electron chi connectivity index (χ0n) is 11.0. The molecule has 1 aromatic carbocycles. The number of carbonyl (C=O) groups is 1. The third kappa shape index (κ3) is 3.61. The summed E-state index contributed by atoms with van der Waals surface area (Å²) in [6.45, 7) is 3.62. The van der Waals surface area contributed by atoms with Gasteiger partial charge in [-0.3, -0.25) is 4.79 Å². The Labute approximate surface area is 127 Å². The molecule has 1 saturated heterocycles. The number of nitrogens with one attached hydrogen (secondary N) is 2. The first-order chi connectivity index (χ1) is 8.55. The maximum atomic E-state index is 12.2. The number of methoxy groups -OCH3 is 1. The van der Waals surface area contributed by atoms with Gasteiger partial charge < -0.3 is 15.4 Å². The monoisotopic (exact) mass is 348 g/mol. The van der Waals surface area contributed by atoms with Crippen LogP contribution >= 0.6 is 28.3 Å². The highest BCUT2D eigenvalue weighted by Gasteiger charge is 2.36. The van der Waals surface area contributed by atoms with Crippen molar-refractivity contribution >= 4 is 39.9 Å². The third-order valence-corrected chi connectivity index (χ3v) is 3.95. The Balaban J connectivity index is 0.00000180. The molecule has 2 N–H and O–H groups in total. The molecule has 1 fully saturated rings. The topological polar surface area (TPSA) is 50.4 Å². The van der Waals surface area contributed by atoms with E-state index in [0.29, 0.717) is 0 Å². The summed E-state index contributed by atoms with van der Waals surface area (Å²) in [7, 11) is 1.61. The Bertz CT molecular complexity index is 462. The standard InChI is InChI=1S/C13H17BrN2O2.ClH/c1-13(5-6-15-8-13)12(17)16-9-3-4-11(18-2)10(14)7-9;/h3-4,7,15H,5-6,8H2,1-2H3,(H,16,17);1H. The first-order valence-corrected chi connectivity index (χ1v) is 6.70. The number of rotatable bonds is 3. The summed E-state index contributed by atoms with van der Waals surface area (Å²) < 4.78 is 5.99. The molecule has 1 aromatic rings. The van der Waals surface area contributed by atoms with Crippen LogP contribution in [-0.2, 0) is 4.79 Å². The van der Waals surface area contributed by atoms with Crippen molar-refractivity contribution in [2.45, 2.75) is 13.3 Å². The molecule has 0 bridgehead atoms. The van der Waals surface area contributed by atoms with Crippen molar-refractivity contribution in [2.75, 3.05) is 25.5 Å². The van der Waals surface area contributed by atoms with Crippen molar-refractivity contribution in [1.29, 1.82) is 0 Å². The van der Waals surface area contributed by atoms with E-state index in [9.17, 15) is 4.79 Å². The number of halogens is 2. The van der Waals surface area contributed by atoms with Crippen molar-refractivity contribution in [1.82, 2.24) is 5.32 Å². The van der Waals surface area contributed by atoms with Crippen molar-refractivity contribution in [2.24, 2.45) is 5.41 Å². The van der Waals surface area contributed by atoms with E-state index in [4.69, 9.17) is 4.74 Å². The van der Waals surface area contributed by atoms with Crippen molar-refractivity contribution in [3.8, 4) is 5.75 Å². The number of hydrogen-bond donors (Lipinski definition) is 2. The van der Waals surface area contributed by atoms with E-state index in [1.165, 1.54) is 0 Å². The van der Waals surface area contributed by atoms with Gasteiger partial charge >= 0.3 is 0 Å². The second-order valence-corrected chi connectivity index (χ2v) is 5.65. The van der Waals surface area contributed by atoms with Gasteiger partial charge in [-0.15, -0.1) is 12.4 Å². The summed E-state index contributed by atoms with van der Waals surface area (Å²) in [4.78, 5) is 12.2. The molecule has 1 heterocycles. The highest BCUT2D eigenvalue weighted by molar-refractivity contribution is 9.10. The van der Waals surface area contributed by atoms with Crippen LogP contribution in [0.5, 0.6) is 5.75 Å². The number of amides is 1. The van der Waals surface area contributed by atoms with Gasteiger partial charge in [0.2, 0.25) is 5.91 Å². The van der Waals surface area contributed by atoms with Crippen LogP contribution in [0.2, 0.25) is 0 Å². The van der Waals surface area contributed by atoms with Crippen LogP contribution in [-0.4, -0.2) is 26.1 Å². The Hall–Kier alpha value is -0.780. The number of benzene rings is 1. The summed E-state index contributed by atoms with van der Waals surface area (Å²) in [6, 6.07) is 5.52. The Morgan fingerprint density at radius 1 is 1.53 bits per heavy atom. The lowest BCUT2D eigenvalue weighted by molar-refractivity contribution is -0.123. The van der Waals surface area contributed by atoms with Gasteiger partial charge in [0.15, 0.2) is 0 Å². The fourth-order valence-electron chi connectivity index (χ4n) is 2.04. The molecule has 6 heteroatoms. The second kappa shape index (κ2) is 6.59. The minimum atomic E-state index is -0.313. The highest BCUT2D eigenvalue weighted by atomic mass is 79.9. The van der Waals surface area contributed by atoms with Crippen LogP contribution in [0.15, 0.2) is 22.7 Å². The molecule has 0 radical (unpaired) electrons. The summed E-state index contributed by atoms with van der Waals surface area (Å²) in [6.07, 6.45) is 0.871. The van der Waals surface area contributed by atoms with Gasteiger partial charge in [-0.25, -0.2) is 0 Å². The maximum absolute atomic E-state index is 12.2. The summed E-state index contributed by atoms with van der Waals surface area (Å²) >= 11 is 3.41. The number of carbonyl (C=O) groups excluding carboxylic acids is 1. The minimum absolute atomic E-state index is 0. The number of anilines is 1. The van der Waals surface area contributed by atoms with E-state index in [1.54, 1.807) is 7.11 Å². The molecule has 1 aliphatic rings. The molecular formula is C13H18BrClN2O2. The van der Waals surface area contributed by atoms with Crippen molar-refractivity contribution in [3.63, 3.8) is 0 Å². The summed E-state index contributed by atoms with van der Waals surface area (Å²) in [5.74, 6) is 0.811. The van der Waals surface area contributed by atoms with Gasteiger partial charge in [0.1, 0.15) is 5.75 Å². The quantitative estimate of drug-likeness (QED) is 0.882. The lowest BCUT2D eigenvalue weighted by Gasteiger charge is -2.21. The third-order valence-electron chi connectivity index (χ3n) is 3.33. The molecule has 1 atom stereocenters. The van der Waals surface area contributed by atoms with Crippen LogP contribution in [0.3, 0.4) is 0 Å². The summed E-state index contributed by atoms with van der Waals surface area (Å²) in [5.41, 5.74) is 0.465. The zero-order chi connectivity index (χ0) is 13.2. The van der Waals surface area contributed by atoms with Crippen molar-refractivity contribution in [3.05, 3.63) is 22.7 Å². The molecule has 4 nitrogen and oxygen atoms in total. The largest absolute Gasteiger partial charge is 0.496 e. The van der Waals surface area contributed by atoms with Gasteiger partial charge in [-0.1, -0.05) is 0 Å². The lowest BCUT2D eigenvalue weighted by Crippen LogP contribution is -2.35. The van der Waals surface area contributed by atoms with E-state index < -0.39 is 0 Å². The molecule has 106 valence electrons. The lowest BCUT2D eigenvalue weighted by atomic mass is 9.89. The average Bonchev–Trinajstić information content (AvgIpc) is 2.78. The van der Waals surface area contributed by atoms with E-state index in [0.717, 1.165) is 35.4 Å². The summed E-state index contributed by atoms with van der Waals surface area (Å²) in [5, 5.41) is 6.17. The molecule has 0 saturated carbocycles. The maximum Gasteiger partial charge on any atom is 0.231 e. The molecule has 1 amide bonds. The number of ether oxygens (including phenoxy) is 1. The molecule has 1 aliphatic heterocycles. The van der Waals surface area contributed by atoms with E-state index >= 15 is 0 Å². The second-order valence-electron chi connectivity index (χ2n) is 4.79. The minimum Gasteiger partial charge on any atom is -0.496 e.